The molecule has 2 aromatic rings. The second-order valence-corrected chi connectivity index (χ2v) is 4.19. The lowest BCUT2D eigenvalue weighted by atomic mass is 9.96. The summed E-state index contributed by atoms with van der Waals surface area (Å²) in [4.78, 5) is 0. The van der Waals surface area contributed by atoms with Crippen LogP contribution in [0.4, 0.5) is 0 Å². The fourth-order valence-electron chi connectivity index (χ4n) is 2.13. The first-order valence-corrected chi connectivity index (χ1v) is 5.80. The van der Waals surface area contributed by atoms with Crippen LogP contribution in [0.2, 0.25) is 0 Å². The molecule has 0 unspecified atom stereocenters. The highest BCUT2D eigenvalue weighted by molar-refractivity contribution is 5.86. The molecule has 86 valence electrons. The Morgan fingerprint density at radius 1 is 1.00 bits per heavy atom. The van der Waals surface area contributed by atoms with Crippen LogP contribution in [-0.4, -0.2) is 0 Å². The minimum atomic E-state index is 0. The molecule has 0 fully saturated rings. The van der Waals surface area contributed by atoms with Crippen LogP contribution in [0.1, 0.15) is 30.9 Å². The number of unbranched alkanes of at least 4 members (excludes halogenated alkanes) is 1. The summed E-state index contributed by atoms with van der Waals surface area (Å²) in [5.74, 6) is 0. The zero-order valence-electron chi connectivity index (χ0n) is 10.3. The zero-order chi connectivity index (χ0) is 10.7. The van der Waals surface area contributed by atoms with Crippen molar-refractivity contribution in [1.82, 2.24) is 6.15 Å². The summed E-state index contributed by atoms with van der Waals surface area (Å²) < 4.78 is 0. The smallest absolute Gasteiger partial charge is 0.0149 e. The van der Waals surface area contributed by atoms with Crippen LogP contribution >= 0.6 is 0 Å². The van der Waals surface area contributed by atoms with Crippen molar-refractivity contribution >= 4 is 10.8 Å². The lowest BCUT2D eigenvalue weighted by Gasteiger charge is -2.09. The molecule has 0 aliphatic rings. The molecule has 0 aliphatic carbocycles. The number of hydrogen-bond acceptors (Lipinski definition) is 1. The van der Waals surface area contributed by atoms with Gasteiger partial charge in [0, 0.05) is 0 Å². The molecule has 16 heavy (non-hydrogen) atoms. The second kappa shape index (κ2) is 5.66. The van der Waals surface area contributed by atoms with Gasteiger partial charge < -0.3 is 6.15 Å². The summed E-state index contributed by atoms with van der Waals surface area (Å²) in [6, 6.07) is 13.2. The molecule has 0 aromatic heterocycles. The van der Waals surface area contributed by atoms with E-state index in [1.165, 1.54) is 41.2 Å². The van der Waals surface area contributed by atoms with E-state index < -0.39 is 0 Å². The zero-order valence-corrected chi connectivity index (χ0v) is 10.3. The van der Waals surface area contributed by atoms with E-state index in [1.54, 1.807) is 0 Å². The van der Waals surface area contributed by atoms with E-state index in [4.69, 9.17) is 0 Å². The SMILES string of the molecule is CCCCc1c(C)ccc2ccccc12.N. The van der Waals surface area contributed by atoms with Crippen molar-refractivity contribution in [1.29, 1.82) is 0 Å². The van der Waals surface area contributed by atoms with Crippen molar-refractivity contribution in [3.63, 3.8) is 0 Å². The molecule has 0 radical (unpaired) electrons. The second-order valence-electron chi connectivity index (χ2n) is 4.19. The topological polar surface area (TPSA) is 35.0 Å². The molecule has 2 aromatic carbocycles. The molecule has 0 atom stereocenters. The van der Waals surface area contributed by atoms with Crippen molar-refractivity contribution in [2.75, 3.05) is 0 Å². The first-order valence-electron chi connectivity index (χ1n) is 5.80. The lowest BCUT2D eigenvalue weighted by Crippen LogP contribution is -1.91. The van der Waals surface area contributed by atoms with Crippen LogP contribution in [-0.2, 0) is 6.42 Å². The van der Waals surface area contributed by atoms with E-state index in [1.807, 2.05) is 0 Å². The van der Waals surface area contributed by atoms with Crippen molar-refractivity contribution in [2.45, 2.75) is 33.1 Å². The summed E-state index contributed by atoms with van der Waals surface area (Å²) in [6.07, 6.45) is 3.77. The minimum absolute atomic E-state index is 0. The molecule has 1 heteroatoms. The molecular weight excluding hydrogens is 194 g/mol. The van der Waals surface area contributed by atoms with E-state index >= 15 is 0 Å². The Morgan fingerprint density at radius 3 is 2.50 bits per heavy atom. The van der Waals surface area contributed by atoms with Crippen LogP contribution < -0.4 is 6.15 Å². The third-order valence-electron chi connectivity index (χ3n) is 3.06. The molecule has 0 saturated heterocycles. The monoisotopic (exact) mass is 215 g/mol. The maximum Gasteiger partial charge on any atom is -0.0149 e. The first kappa shape index (κ1) is 12.7. The van der Waals surface area contributed by atoms with Gasteiger partial charge in [-0.25, -0.2) is 0 Å². The van der Waals surface area contributed by atoms with Gasteiger partial charge in [0.2, 0.25) is 0 Å². The number of benzene rings is 2. The molecule has 1 nitrogen and oxygen atoms in total. The van der Waals surface area contributed by atoms with Gasteiger partial charge in [0.25, 0.3) is 0 Å². The van der Waals surface area contributed by atoms with Crippen molar-refractivity contribution in [3.05, 3.63) is 47.5 Å². The van der Waals surface area contributed by atoms with Gasteiger partial charge >= 0.3 is 0 Å². The Hall–Kier alpha value is -1.34. The highest BCUT2D eigenvalue weighted by Gasteiger charge is 2.03. The Balaban J connectivity index is 0.00000128. The highest BCUT2D eigenvalue weighted by Crippen LogP contribution is 2.23. The van der Waals surface area contributed by atoms with E-state index in [0.717, 1.165) is 0 Å². The molecule has 0 saturated carbocycles. The molecule has 0 aliphatic heterocycles. The standard InChI is InChI=1S/C15H18.H3N/c1-3-4-8-14-12(2)10-11-13-7-5-6-9-15(13)14;/h5-7,9-11H,3-4,8H2,1-2H3;1H3. The molecule has 0 heterocycles. The van der Waals surface area contributed by atoms with Gasteiger partial charge in [0.1, 0.15) is 0 Å². The maximum atomic E-state index is 2.25. The first-order chi connectivity index (χ1) is 7.33. The summed E-state index contributed by atoms with van der Waals surface area (Å²) >= 11 is 0. The average Bonchev–Trinajstić information content (AvgIpc) is 2.28. The van der Waals surface area contributed by atoms with Gasteiger partial charge in [-0.05, 0) is 41.7 Å². The van der Waals surface area contributed by atoms with Crippen LogP contribution in [0.3, 0.4) is 0 Å². The normalized spacial score (nSPS) is 10.1. The van der Waals surface area contributed by atoms with Crippen molar-refractivity contribution < 1.29 is 0 Å². The van der Waals surface area contributed by atoms with E-state index in [-0.39, 0.29) is 6.15 Å². The number of hydrogen-bond donors (Lipinski definition) is 1. The predicted octanol–water partition coefficient (Wildman–Crippen LogP) is 4.65. The quantitative estimate of drug-likeness (QED) is 0.794. The molecule has 0 bridgehead atoms. The maximum absolute atomic E-state index is 2.25. The largest absolute Gasteiger partial charge is 0.344 e. The Morgan fingerprint density at radius 2 is 1.75 bits per heavy atom. The Bertz CT molecular complexity index is 460. The van der Waals surface area contributed by atoms with E-state index in [2.05, 4.69) is 50.2 Å². The number of aryl methyl sites for hydroxylation is 2. The van der Waals surface area contributed by atoms with Crippen molar-refractivity contribution in [2.24, 2.45) is 0 Å². The predicted molar refractivity (Wildman–Crippen MR) is 72.3 cm³/mol. The van der Waals surface area contributed by atoms with Crippen LogP contribution in [0.5, 0.6) is 0 Å². The Labute approximate surface area is 98.1 Å². The molecule has 3 N–H and O–H groups in total. The summed E-state index contributed by atoms with van der Waals surface area (Å²) in [7, 11) is 0. The van der Waals surface area contributed by atoms with Gasteiger partial charge in [-0.1, -0.05) is 49.7 Å². The van der Waals surface area contributed by atoms with Gasteiger partial charge in [-0.15, -0.1) is 0 Å². The van der Waals surface area contributed by atoms with E-state index in [0.29, 0.717) is 0 Å². The third kappa shape index (κ3) is 2.42. The lowest BCUT2D eigenvalue weighted by molar-refractivity contribution is 0.795. The van der Waals surface area contributed by atoms with Crippen molar-refractivity contribution in [3.8, 4) is 0 Å². The summed E-state index contributed by atoms with van der Waals surface area (Å²) in [6.45, 7) is 4.47. The van der Waals surface area contributed by atoms with Crippen LogP contribution in [0, 0.1) is 6.92 Å². The average molecular weight is 215 g/mol. The van der Waals surface area contributed by atoms with Gasteiger partial charge in [0.05, 0.1) is 0 Å². The molecule has 0 amide bonds. The van der Waals surface area contributed by atoms with Gasteiger partial charge in [0.15, 0.2) is 0 Å². The third-order valence-corrected chi connectivity index (χ3v) is 3.06. The Kier molecular flexibility index (Phi) is 4.51. The van der Waals surface area contributed by atoms with Crippen LogP contribution in [0.25, 0.3) is 10.8 Å². The number of fused-ring (bicyclic) bond motifs is 1. The van der Waals surface area contributed by atoms with E-state index in [9.17, 15) is 0 Å². The summed E-state index contributed by atoms with van der Waals surface area (Å²) in [5, 5.41) is 2.81. The fraction of sp³-hybridized carbons (Fsp3) is 0.333. The van der Waals surface area contributed by atoms with Gasteiger partial charge in [-0.2, -0.15) is 0 Å². The summed E-state index contributed by atoms with van der Waals surface area (Å²) in [5.41, 5.74) is 2.97. The molecule has 0 spiro atoms. The highest BCUT2D eigenvalue weighted by atomic mass is 14.1. The molecular formula is C15H21N. The van der Waals surface area contributed by atoms with Gasteiger partial charge in [-0.3, -0.25) is 0 Å². The minimum Gasteiger partial charge on any atom is -0.344 e. The van der Waals surface area contributed by atoms with Crippen LogP contribution in [0.15, 0.2) is 36.4 Å². The molecule has 2 rings (SSSR count). The number of rotatable bonds is 3. The fourth-order valence-corrected chi connectivity index (χ4v) is 2.13.